The monoisotopic (exact) mass is 285 g/mol. The Kier molecular flexibility index (Phi) is 4.24. The van der Waals surface area contributed by atoms with Crippen molar-refractivity contribution in [3.63, 3.8) is 0 Å². The Morgan fingerprint density at radius 3 is 1.89 bits per heavy atom. The quantitative estimate of drug-likeness (QED) is 0.697. The molecule has 18 heavy (non-hydrogen) atoms. The van der Waals surface area contributed by atoms with Gasteiger partial charge in [-0.25, -0.2) is 4.99 Å². The molecule has 1 heterocycles. The van der Waals surface area contributed by atoms with Gasteiger partial charge in [0, 0.05) is 11.6 Å². The maximum atomic E-state index is 6.16. The molecule has 1 atom stereocenters. The second kappa shape index (κ2) is 4.78. The first-order chi connectivity index (χ1) is 7.83. The van der Waals surface area contributed by atoms with Gasteiger partial charge in [0.05, 0.1) is 27.8 Å². The van der Waals surface area contributed by atoms with E-state index in [1.165, 1.54) is 0 Å². The molecule has 0 amide bonds. The molecule has 0 bridgehead atoms. The van der Waals surface area contributed by atoms with Crippen molar-refractivity contribution in [3.8, 4) is 0 Å². The molecule has 0 aromatic heterocycles. The predicted molar refractivity (Wildman–Crippen MR) is 87.1 cm³/mol. The topological polar surface area (TPSA) is 21.6 Å². The van der Waals surface area contributed by atoms with E-state index >= 15 is 0 Å². The molecule has 0 aromatic carbocycles. The van der Waals surface area contributed by atoms with Gasteiger partial charge >= 0.3 is 0 Å². The van der Waals surface area contributed by atoms with Crippen molar-refractivity contribution in [2.75, 3.05) is 0 Å². The first-order valence-electron chi connectivity index (χ1n) is 7.09. The summed E-state index contributed by atoms with van der Waals surface area (Å²) in [6.07, 6.45) is 1.34. The van der Waals surface area contributed by atoms with Crippen LogP contribution in [0, 0.1) is 0 Å². The minimum Gasteiger partial charge on any atom is -0.478 e. The SMILES string of the molecule is CC1CC(C)(C)N=C(C([Si](C)(C)C)[Si](C)(C)C)O1. The summed E-state index contributed by atoms with van der Waals surface area (Å²) >= 11 is 0. The van der Waals surface area contributed by atoms with Crippen molar-refractivity contribution in [2.45, 2.75) is 83.3 Å². The zero-order chi connectivity index (χ0) is 14.4. The first-order valence-corrected chi connectivity index (χ1v) is 14.2. The molecular weight excluding hydrogens is 254 g/mol. The predicted octanol–water partition coefficient (Wildman–Crippen LogP) is 4.56. The lowest BCUT2D eigenvalue weighted by atomic mass is 9.97. The van der Waals surface area contributed by atoms with E-state index in [1.807, 2.05) is 0 Å². The maximum absolute atomic E-state index is 6.16. The molecule has 1 unspecified atom stereocenters. The third-order valence-corrected chi connectivity index (χ3v) is 12.7. The normalized spacial score (nSPS) is 24.8. The van der Waals surface area contributed by atoms with Crippen LogP contribution in [-0.2, 0) is 4.74 Å². The van der Waals surface area contributed by atoms with Crippen LogP contribution in [0.25, 0.3) is 0 Å². The van der Waals surface area contributed by atoms with Crippen LogP contribution >= 0.6 is 0 Å². The molecule has 0 N–H and O–H groups in total. The van der Waals surface area contributed by atoms with Gasteiger partial charge in [-0.15, -0.1) is 0 Å². The highest BCUT2D eigenvalue weighted by Gasteiger charge is 2.45. The van der Waals surface area contributed by atoms with Crippen molar-refractivity contribution in [1.82, 2.24) is 0 Å². The molecule has 0 aliphatic carbocycles. The van der Waals surface area contributed by atoms with E-state index in [0.29, 0.717) is 11.3 Å². The lowest BCUT2D eigenvalue weighted by molar-refractivity contribution is 0.142. The maximum Gasteiger partial charge on any atom is 0.181 e. The summed E-state index contributed by atoms with van der Waals surface area (Å²) in [4.78, 5) is 4.96. The van der Waals surface area contributed by atoms with Crippen LogP contribution in [0.4, 0.5) is 0 Å². The largest absolute Gasteiger partial charge is 0.478 e. The Balaban J connectivity index is 3.19. The minimum absolute atomic E-state index is 0.0462. The van der Waals surface area contributed by atoms with E-state index in [4.69, 9.17) is 9.73 Å². The molecule has 4 heteroatoms. The molecule has 0 radical (unpaired) electrons. The van der Waals surface area contributed by atoms with Gasteiger partial charge in [-0.2, -0.15) is 0 Å². The first kappa shape index (κ1) is 16.0. The third-order valence-electron chi connectivity index (χ3n) is 3.50. The van der Waals surface area contributed by atoms with E-state index in [9.17, 15) is 0 Å². The van der Waals surface area contributed by atoms with Crippen molar-refractivity contribution in [1.29, 1.82) is 0 Å². The fraction of sp³-hybridized carbons (Fsp3) is 0.929. The van der Waals surface area contributed by atoms with Crippen LogP contribution in [0.15, 0.2) is 4.99 Å². The second-order valence-electron chi connectivity index (χ2n) is 8.56. The number of aliphatic imine (C=N–C) groups is 1. The summed E-state index contributed by atoms with van der Waals surface area (Å²) in [6, 6.07) is 0. The van der Waals surface area contributed by atoms with Gasteiger partial charge in [-0.1, -0.05) is 39.3 Å². The summed E-state index contributed by atoms with van der Waals surface area (Å²) in [6.45, 7) is 21.4. The van der Waals surface area contributed by atoms with Crippen molar-refractivity contribution < 1.29 is 4.74 Å². The number of hydrogen-bond acceptors (Lipinski definition) is 2. The van der Waals surface area contributed by atoms with E-state index in [2.05, 4.69) is 60.1 Å². The highest BCUT2D eigenvalue weighted by atomic mass is 28.4. The standard InChI is InChI=1S/C14H31NOSi2/c1-11-10-14(2,3)15-12(16-11)13(17(4,5)6)18(7,8)9/h11,13H,10H2,1-9H3. The molecule has 0 saturated carbocycles. The summed E-state index contributed by atoms with van der Waals surface area (Å²) < 4.78 is 6.16. The average Bonchev–Trinajstić information content (AvgIpc) is 1.91. The Hall–Kier alpha value is -0.0962. The summed E-state index contributed by atoms with van der Waals surface area (Å²) in [5.41, 5.74) is 0.0462. The number of nitrogens with zero attached hydrogens (tertiary/aromatic N) is 1. The molecule has 1 aliphatic heterocycles. The average molecular weight is 286 g/mol. The number of ether oxygens (including phenoxy) is 1. The Labute approximate surface area is 115 Å². The van der Waals surface area contributed by atoms with Crippen LogP contribution in [0.2, 0.25) is 44.4 Å². The molecule has 0 spiro atoms. The second-order valence-corrected chi connectivity index (χ2v) is 19.8. The minimum atomic E-state index is -1.30. The molecule has 1 rings (SSSR count). The van der Waals surface area contributed by atoms with Crippen LogP contribution in [-0.4, -0.2) is 33.7 Å². The van der Waals surface area contributed by atoms with Gasteiger partial charge in [-0.3, -0.25) is 0 Å². The summed E-state index contributed by atoms with van der Waals surface area (Å²) in [5.74, 6) is 1.08. The fourth-order valence-electron chi connectivity index (χ4n) is 3.49. The summed E-state index contributed by atoms with van der Waals surface area (Å²) in [7, 11) is -2.59. The van der Waals surface area contributed by atoms with Crippen LogP contribution in [0.5, 0.6) is 0 Å². The third kappa shape index (κ3) is 3.95. The van der Waals surface area contributed by atoms with Gasteiger partial charge in [0.25, 0.3) is 0 Å². The zero-order valence-electron chi connectivity index (χ0n) is 13.7. The Morgan fingerprint density at radius 2 is 1.56 bits per heavy atom. The molecular formula is C14H31NOSi2. The van der Waals surface area contributed by atoms with E-state index in [1.54, 1.807) is 0 Å². The Bertz CT molecular complexity index is 323. The van der Waals surface area contributed by atoms with Crippen molar-refractivity contribution in [3.05, 3.63) is 0 Å². The highest BCUT2D eigenvalue weighted by Crippen LogP contribution is 2.38. The van der Waals surface area contributed by atoms with Gasteiger partial charge in [0.15, 0.2) is 5.90 Å². The fourth-order valence-corrected chi connectivity index (χ4v) is 15.6. The molecule has 1 aliphatic rings. The molecule has 0 aromatic rings. The molecule has 2 nitrogen and oxygen atoms in total. The van der Waals surface area contributed by atoms with Crippen LogP contribution in [0.3, 0.4) is 0 Å². The van der Waals surface area contributed by atoms with Gasteiger partial charge < -0.3 is 4.74 Å². The van der Waals surface area contributed by atoms with Crippen LogP contribution in [0.1, 0.15) is 27.2 Å². The van der Waals surface area contributed by atoms with Gasteiger partial charge in [0.2, 0.25) is 0 Å². The number of hydrogen-bond donors (Lipinski definition) is 0. The number of rotatable bonds is 3. The van der Waals surface area contributed by atoms with E-state index in [-0.39, 0.29) is 5.54 Å². The Morgan fingerprint density at radius 1 is 1.11 bits per heavy atom. The molecule has 0 fully saturated rings. The lowest BCUT2D eigenvalue weighted by Gasteiger charge is -2.43. The molecule has 0 saturated heterocycles. The lowest BCUT2D eigenvalue weighted by Crippen LogP contribution is -2.51. The molecule has 106 valence electrons. The summed E-state index contributed by atoms with van der Waals surface area (Å²) in [5, 5.41) is 0.618. The van der Waals surface area contributed by atoms with Crippen LogP contribution < -0.4 is 0 Å². The van der Waals surface area contributed by atoms with E-state index in [0.717, 1.165) is 12.3 Å². The smallest absolute Gasteiger partial charge is 0.181 e. The van der Waals surface area contributed by atoms with Gasteiger partial charge in [0.1, 0.15) is 0 Å². The van der Waals surface area contributed by atoms with Crippen molar-refractivity contribution >= 4 is 22.0 Å². The van der Waals surface area contributed by atoms with E-state index < -0.39 is 16.1 Å². The van der Waals surface area contributed by atoms with Crippen molar-refractivity contribution in [2.24, 2.45) is 4.99 Å². The van der Waals surface area contributed by atoms with Gasteiger partial charge in [-0.05, 0) is 20.8 Å². The highest BCUT2D eigenvalue weighted by molar-refractivity contribution is 7.00. The zero-order valence-corrected chi connectivity index (χ0v) is 15.7.